The zero-order chi connectivity index (χ0) is 18.6. The molecule has 0 aliphatic carbocycles. The number of benzene rings is 1. The molecule has 25 heavy (non-hydrogen) atoms. The lowest BCUT2D eigenvalue weighted by atomic mass is 9.94. The SMILES string of the molecule is CC(=O)CCC(=O)Nc1ccc(S(=O)(=O)N2C[C@H](C)C[C@H](C)C2)cc1. The van der Waals surface area contributed by atoms with E-state index in [1.165, 1.54) is 19.1 Å². The van der Waals surface area contributed by atoms with E-state index in [2.05, 4.69) is 19.2 Å². The van der Waals surface area contributed by atoms with Crippen molar-refractivity contribution >= 4 is 27.4 Å². The first-order chi connectivity index (χ1) is 11.7. The molecule has 7 heteroatoms. The number of nitrogens with one attached hydrogen (secondary N) is 1. The van der Waals surface area contributed by atoms with Crippen LogP contribution in [0.5, 0.6) is 0 Å². The Labute approximate surface area is 149 Å². The first kappa shape index (κ1) is 19.6. The summed E-state index contributed by atoms with van der Waals surface area (Å²) in [5, 5.41) is 2.67. The summed E-state index contributed by atoms with van der Waals surface area (Å²) < 4.78 is 27.1. The van der Waals surface area contributed by atoms with Crippen molar-refractivity contribution in [2.45, 2.75) is 44.9 Å². The molecule has 138 valence electrons. The standard InChI is InChI=1S/C18H26N2O4S/c1-13-10-14(2)12-20(11-13)25(23,24)17-7-5-16(6-8-17)19-18(22)9-4-15(3)21/h5-8,13-14H,4,9-12H2,1-3H3,(H,19,22)/t13-,14+. The Balaban J connectivity index is 2.05. The fourth-order valence-electron chi connectivity index (χ4n) is 3.17. The number of carbonyl (C=O) groups excluding carboxylic acids is 2. The molecule has 1 fully saturated rings. The van der Waals surface area contributed by atoms with Crippen molar-refractivity contribution < 1.29 is 18.0 Å². The van der Waals surface area contributed by atoms with Gasteiger partial charge >= 0.3 is 0 Å². The Morgan fingerprint density at radius 2 is 1.64 bits per heavy atom. The third-order valence-corrected chi connectivity index (χ3v) is 6.16. The van der Waals surface area contributed by atoms with Crippen LogP contribution < -0.4 is 5.32 Å². The average Bonchev–Trinajstić information content (AvgIpc) is 2.52. The molecule has 0 unspecified atom stereocenters. The maximum Gasteiger partial charge on any atom is 0.243 e. The molecule has 1 aromatic carbocycles. The van der Waals surface area contributed by atoms with Gasteiger partial charge in [0.2, 0.25) is 15.9 Å². The summed E-state index contributed by atoms with van der Waals surface area (Å²) in [5.41, 5.74) is 0.521. The first-order valence-corrected chi connectivity index (χ1v) is 10.0. The number of carbonyl (C=O) groups is 2. The van der Waals surface area contributed by atoms with Crippen LogP contribution in [0.2, 0.25) is 0 Å². The van der Waals surface area contributed by atoms with Crippen LogP contribution in [-0.4, -0.2) is 37.5 Å². The van der Waals surface area contributed by atoms with Gasteiger partial charge in [-0.25, -0.2) is 8.42 Å². The third kappa shape index (κ3) is 5.37. The second kappa shape index (κ2) is 8.10. The van der Waals surface area contributed by atoms with Crippen LogP contribution in [0.25, 0.3) is 0 Å². The molecule has 1 aliphatic heterocycles. The molecule has 1 aliphatic rings. The average molecular weight is 366 g/mol. The van der Waals surface area contributed by atoms with Gasteiger partial charge < -0.3 is 10.1 Å². The van der Waals surface area contributed by atoms with E-state index in [0.717, 1.165) is 6.42 Å². The van der Waals surface area contributed by atoms with Crippen molar-refractivity contribution in [3.05, 3.63) is 24.3 Å². The quantitative estimate of drug-likeness (QED) is 0.839. The summed E-state index contributed by atoms with van der Waals surface area (Å²) in [7, 11) is -3.52. The summed E-state index contributed by atoms with van der Waals surface area (Å²) >= 11 is 0. The van der Waals surface area contributed by atoms with Crippen molar-refractivity contribution in [2.24, 2.45) is 11.8 Å². The van der Waals surface area contributed by atoms with Crippen LogP contribution in [-0.2, 0) is 19.6 Å². The molecule has 1 amide bonds. The highest BCUT2D eigenvalue weighted by molar-refractivity contribution is 7.89. The fraction of sp³-hybridized carbons (Fsp3) is 0.556. The van der Waals surface area contributed by atoms with Gasteiger partial charge in [-0.15, -0.1) is 0 Å². The van der Waals surface area contributed by atoms with E-state index >= 15 is 0 Å². The topological polar surface area (TPSA) is 83.5 Å². The zero-order valence-corrected chi connectivity index (χ0v) is 15.8. The van der Waals surface area contributed by atoms with Crippen molar-refractivity contribution in [3.8, 4) is 0 Å². The Kier molecular flexibility index (Phi) is 6.35. The summed E-state index contributed by atoms with van der Waals surface area (Å²) in [6.45, 7) is 6.65. The fourth-order valence-corrected chi connectivity index (χ4v) is 4.85. The van der Waals surface area contributed by atoms with Crippen LogP contribution in [0, 0.1) is 11.8 Å². The number of hydrogen-bond acceptors (Lipinski definition) is 4. The van der Waals surface area contributed by atoms with Crippen molar-refractivity contribution in [3.63, 3.8) is 0 Å². The molecule has 1 aromatic rings. The molecule has 1 saturated heterocycles. The first-order valence-electron chi connectivity index (χ1n) is 8.58. The second-order valence-electron chi connectivity index (χ2n) is 7.04. The molecule has 0 saturated carbocycles. The molecular formula is C18H26N2O4S. The molecule has 0 bridgehead atoms. The van der Waals surface area contributed by atoms with Gasteiger partial charge in [0.05, 0.1) is 4.90 Å². The highest BCUT2D eigenvalue weighted by Crippen LogP contribution is 2.27. The monoisotopic (exact) mass is 366 g/mol. The maximum atomic E-state index is 12.8. The van der Waals surface area contributed by atoms with E-state index < -0.39 is 10.0 Å². The largest absolute Gasteiger partial charge is 0.326 e. The molecule has 1 heterocycles. The Morgan fingerprint density at radius 1 is 1.08 bits per heavy atom. The Hall–Kier alpha value is -1.73. The van der Waals surface area contributed by atoms with Crippen molar-refractivity contribution in [2.75, 3.05) is 18.4 Å². The molecule has 2 rings (SSSR count). The molecular weight excluding hydrogens is 340 g/mol. The molecule has 0 radical (unpaired) electrons. The Bertz CT molecular complexity index is 718. The summed E-state index contributed by atoms with van der Waals surface area (Å²) in [4.78, 5) is 22.9. The van der Waals surface area contributed by atoms with Gasteiger partial charge in [-0.2, -0.15) is 4.31 Å². The minimum Gasteiger partial charge on any atom is -0.326 e. The van der Waals surface area contributed by atoms with Gasteiger partial charge in [0.25, 0.3) is 0 Å². The molecule has 2 atom stereocenters. The number of anilines is 1. The molecule has 6 nitrogen and oxygen atoms in total. The minimum atomic E-state index is -3.52. The van der Waals surface area contributed by atoms with E-state index in [9.17, 15) is 18.0 Å². The second-order valence-corrected chi connectivity index (χ2v) is 8.98. The maximum absolute atomic E-state index is 12.8. The van der Waals surface area contributed by atoms with Gasteiger partial charge in [0.15, 0.2) is 0 Å². The normalized spacial score (nSPS) is 21.7. The number of piperidine rings is 1. The number of hydrogen-bond donors (Lipinski definition) is 1. The van der Waals surface area contributed by atoms with E-state index in [1.807, 2.05) is 0 Å². The van der Waals surface area contributed by atoms with Crippen molar-refractivity contribution in [1.82, 2.24) is 4.31 Å². The van der Waals surface area contributed by atoms with Gasteiger partial charge in [-0.3, -0.25) is 4.79 Å². The van der Waals surface area contributed by atoms with E-state index in [4.69, 9.17) is 0 Å². The predicted molar refractivity (Wildman–Crippen MR) is 96.7 cm³/mol. The highest BCUT2D eigenvalue weighted by Gasteiger charge is 2.31. The van der Waals surface area contributed by atoms with Gasteiger partial charge in [0, 0.05) is 31.6 Å². The summed E-state index contributed by atoms with van der Waals surface area (Å²) in [6.07, 6.45) is 1.36. The van der Waals surface area contributed by atoms with Crippen LogP contribution in [0.3, 0.4) is 0 Å². The van der Waals surface area contributed by atoms with Gasteiger partial charge in [0.1, 0.15) is 5.78 Å². The van der Waals surface area contributed by atoms with E-state index in [-0.39, 0.29) is 29.4 Å². The Morgan fingerprint density at radius 3 is 2.16 bits per heavy atom. The van der Waals surface area contributed by atoms with E-state index in [0.29, 0.717) is 30.6 Å². The van der Waals surface area contributed by atoms with Crippen LogP contribution in [0.15, 0.2) is 29.2 Å². The number of amides is 1. The van der Waals surface area contributed by atoms with Crippen LogP contribution >= 0.6 is 0 Å². The number of Topliss-reactive ketones (excluding diaryl/α,β-unsaturated/α-hetero) is 1. The number of nitrogens with zero attached hydrogens (tertiary/aromatic N) is 1. The lowest BCUT2D eigenvalue weighted by Crippen LogP contribution is -2.42. The third-order valence-electron chi connectivity index (χ3n) is 4.32. The molecule has 0 aromatic heterocycles. The molecule has 0 spiro atoms. The zero-order valence-electron chi connectivity index (χ0n) is 15.0. The highest BCUT2D eigenvalue weighted by atomic mass is 32.2. The number of rotatable bonds is 6. The smallest absolute Gasteiger partial charge is 0.243 e. The van der Waals surface area contributed by atoms with Gasteiger partial charge in [-0.1, -0.05) is 13.8 Å². The summed E-state index contributed by atoms with van der Waals surface area (Å²) in [5.74, 6) is 0.391. The van der Waals surface area contributed by atoms with E-state index in [1.54, 1.807) is 16.4 Å². The lowest BCUT2D eigenvalue weighted by molar-refractivity contribution is -0.121. The van der Waals surface area contributed by atoms with Gasteiger partial charge in [-0.05, 0) is 49.4 Å². The minimum absolute atomic E-state index is 0.0402. The number of sulfonamides is 1. The number of ketones is 1. The summed E-state index contributed by atoms with van der Waals surface area (Å²) in [6, 6.07) is 6.18. The van der Waals surface area contributed by atoms with Crippen LogP contribution in [0.1, 0.15) is 40.0 Å². The predicted octanol–water partition coefficient (Wildman–Crippen LogP) is 2.66. The van der Waals surface area contributed by atoms with Crippen LogP contribution in [0.4, 0.5) is 5.69 Å². The lowest BCUT2D eigenvalue weighted by Gasteiger charge is -2.34. The molecule has 1 N–H and O–H groups in total. The van der Waals surface area contributed by atoms with Crippen molar-refractivity contribution in [1.29, 1.82) is 0 Å².